The maximum Gasteiger partial charge on any atom is 0.0360 e. The van der Waals surface area contributed by atoms with Gasteiger partial charge in [-0.25, -0.2) is 0 Å². The molecule has 2 N–H and O–H groups in total. The predicted octanol–water partition coefficient (Wildman–Crippen LogP) is 2.72. The van der Waals surface area contributed by atoms with Crippen LogP contribution in [0.5, 0.6) is 0 Å². The Morgan fingerprint density at radius 2 is 1.94 bits per heavy atom. The zero-order valence-corrected chi connectivity index (χ0v) is 12.4. The fourth-order valence-corrected chi connectivity index (χ4v) is 5.39. The Labute approximate surface area is 111 Å². The molecule has 0 bridgehead atoms. The molecule has 1 aliphatic carbocycles. The monoisotopic (exact) mass is 256 g/mol. The molecule has 0 aromatic heterocycles. The summed E-state index contributed by atoms with van der Waals surface area (Å²) in [4.78, 5) is 2.75. The third-order valence-electron chi connectivity index (χ3n) is 4.82. The maximum atomic E-state index is 6.21. The van der Waals surface area contributed by atoms with Gasteiger partial charge in [-0.2, -0.15) is 11.8 Å². The standard InChI is InChI=1S/C14H28N2S/c1-4-13-6-5-7-14(13,10-15)16-8-11(2)17-12(3)9-16/h11-13H,4-10,15H2,1-3H3. The highest BCUT2D eigenvalue weighted by Gasteiger charge is 2.46. The largest absolute Gasteiger partial charge is 0.329 e. The molecule has 1 saturated carbocycles. The van der Waals surface area contributed by atoms with E-state index in [4.69, 9.17) is 5.73 Å². The summed E-state index contributed by atoms with van der Waals surface area (Å²) in [6, 6.07) is 0. The zero-order chi connectivity index (χ0) is 12.5. The summed E-state index contributed by atoms with van der Waals surface area (Å²) in [6.07, 6.45) is 5.39. The molecule has 0 amide bonds. The molecule has 4 atom stereocenters. The highest BCUT2D eigenvalue weighted by atomic mass is 32.2. The molecule has 1 heterocycles. The van der Waals surface area contributed by atoms with Crippen LogP contribution in [-0.4, -0.2) is 40.6 Å². The first-order chi connectivity index (χ1) is 8.12. The van der Waals surface area contributed by atoms with E-state index >= 15 is 0 Å². The quantitative estimate of drug-likeness (QED) is 0.842. The summed E-state index contributed by atoms with van der Waals surface area (Å²) in [7, 11) is 0. The van der Waals surface area contributed by atoms with E-state index in [1.807, 2.05) is 0 Å². The Kier molecular flexibility index (Phi) is 4.43. The van der Waals surface area contributed by atoms with Gasteiger partial charge in [0.05, 0.1) is 0 Å². The summed E-state index contributed by atoms with van der Waals surface area (Å²) < 4.78 is 0. The molecule has 17 heavy (non-hydrogen) atoms. The van der Waals surface area contributed by atoms with Crippen LogP contribution in [0.4, 0.5) is 0 Å². The maximum absolute atomic E-state index is 6.21. The zero-order valence-electron chi connectivity index (χ0n) is 11.6. The molecule has 0 aromatic rings. The molecule has 3 heteroatoms. The van der Waals surface area contributed by atoms with Gasteiger partial charge in [-0.1, -0.05) is 33.6 Å². The fourth-order valence-electron chi connectivity index (χ4n) is 4.07. The molecule has 4 unspecified atom stereocenters. The van der Waals surface area contributed by atoms with Crippen molar-refractivity contribution in [3.05, 3.63) is 0 Å². The summed E-state index contributed by atoms with van der Waals surface area (Å²) in [5.41, 5.74) is 6.54. The van der Waals surface area contributed by atoms with Crippen LogP contribution in [0.1, 0.15) is 46.5 Å². The van der Waals surface area contributed by atoms with E-state index < -0.39 is 0 Å². The van der Waals surface area contributed by atoms with Crippen LogP contribution in [0.3, 0.4) is 0 Å². The van der Waals surface area contributed by atoms with Gasteiger partial charge >= 0.3 is 0 Å². The molecule has 1 aliphatic heterocycles. The minimum Gasteiger partial charge on any atom is -0.329 e. The molecule has 0 radical (unpaired) electrons. The second-order valence-electron chi connectivity index (χ2n) is 5.97. The average Bonchev–Trinajstić information content (AvgIpc) is 2.71. The number of hydrogen-bond acceptors (Lipinski definition) is 3. The van der Waals surface area contributed by atoms with Crippen molar-refractivity contribution in [3.63, 3.8) is 0 Å². The fraction of sp³-hybridized carbons (Fsp3) is 1.00. The van der Waals surface area contributed by atoms with Crippen molar-refractivity contribution in [2.75, 3.05) is 19.6 Å². The first-order valence-electron chi connectivity index (χ1n) is 7.23. The van der Waals surface area contributed by atoms with E-state index in [1.165, 1.54) is 38.8 Å². The Bertz CT molecular complexity index is 249. The summed E-state index contributed by atoms with van der Waals surface area (Å²) in [5, 5.41) is 1.53. The van der Waals surface area contributed by atoms with Crippen molar-refractivity contribution < 1.29 is 0 Å². The van der Waals surface area contributed by atoms with Gasteiger partial charge in [-0.15, -0.1) is 0 Å². The van der Waals surface area contributed by atoms with Gasteiger partial charge in [0.25, 0.3) is 0 Å². The van der Waals surface area contributed by atoms with E-state index in [9.17, 15) is 0 Å². The van der Waals surface area contributed by atoms with Crippen molar-refractivity contribution in [2.24, 2.45) is 11.7 Å². The number of rotatable bonds is 3. The summed E-state index contributed by atoms with van der Waals surface area (Å²) >= 11 is 2.14. The highest BCUT2D eigenvalue weighted by Crippen LogP contribution is 2.44. The SMILES string of the molecule is CCC1CCCC1(CN)N1CC(C)SC(C)C1. The number of nitrogens with two attached hydrogens (primary N) is 1. The van der Waals surface area contributed by atoms with Crippen LogP contribution < -0.4 is 5.73 Å². The normalized spacial score (nSPS) is 44.1. The smallest absolute Gasteiger partial charge is 0.0360 e. The van der Waals surface area contributed by atoms with Gasteiger partial charge in [0.2, 0.25) is 0 Å². The van der Waals surface area contributed by atoms with Gasteiger partial charge < -0.3 is 5.73 Å². The van der Waals surface area contributed by atoms with E-state index in [2.05, 4.69) is 37.4 Å². The molecule has 2 rings (SSSR count). The molecule has 2 nitrogen and oxygen atoms in total. The van der Waals surface area contributed by atoms with Gasteiger partial charge in [0, 0.05) is 35.7 Å². The lowest BCUT2D eigenvalue weighted by molar-refractivity contribution is 0.0540. The molecule has 0 aromatic carbocycles. The second kappa shape index (κ2) is 5.50. The molecule has 2 aliphatic rings. The predicted molar refractivity (Wildman–Crippen MR) is 77.5 cm³/mol. The van der Waals surface area contributed by atoms with Crippen LogP contribution in [0, 0.1) is 5.92 Å². The number of thioether (sulfide) groups is 1. The van der Waals surface area contributed by atoms with Gasteiger partial charge in [0.1, 0.15) is 0 Å². The molecular formula is C14H28N2S. The van der Waals surface area contributed by atoms with E-state index in [0.717, 1.165) is 23.0 Å². The van der Waals surface area contributed by atoms with E-state index in [0.29, 0.717) is 5.54 Å². The van der Waals surface area contributed by atoms with Crippen molar-refractivity contribution in [3.8, 4) is 0 Å². The van der Waals surface area contributed by atoms with Crippen molar-refractivity contribution >= 4 is 11.8 Å². The number of nitrogens with zero attached hydrogens (tertiary/aromatic N) is 1. The second-order valence-corrected chi connectivity index (χ2v) is 7.85. The van der Waals surface area contributed by atoms with Gasteiger partial charge in [-0.3, -0.25) is 4.90 Å². The molecule has 1 saturated heterocycles. The lowest BCUT2D eigenvalue weighted by atomic mass is 9.83. The summed E-state index contributed by atoms with van der Waals surface area (Å²) in [5.74, 6) is 0.829. The Hall–Kier alpha value is 0.270. The molecule has 100 valence electrons. The lowest BCUT2D eigenvalue weighted by Crippen LogP contribution is -2.60. The lowest BCUT2D eigenvalue weighted by Gasteiger charge is -2.49. The van der Waals surface area contributed by atoms with Crippen molar-refractivity contribution in [1.82, 2.24) is 4.90 Å². The van der Waals surface area contributed by atoms with Gasteiger partial charge in [0.15, 0.2) is 0 Å². The third kappa shape index (κ3) is 2.52. The minimum atomic E-state index is 0.332. The van der Waals surface area contributed by atoms with Crippen LogP contribution >= 0.6 is 11.8 Å². The third-order valence-corrected chi connectivity index (χ3v) is 6.05. The Balaban J connectivity index is 2.16. The molecule has 2 fully saturated rings. The van der Waals surface area contributed by atoms with E-state index in [1.54, 1.807) is 0 Å². The Morgan fingerprint density at radius 3 is 2.47 bits per heavy atom. The first-order valence-corrected chi connectivity index (χ1v) is 8.17. The van der Waals surface area contributed by atoms with E-state index in [-0.39, 0.29) is 0 Å². The first kappa shape index (κ1) is 13.7. The molecular weight excluding hydrogens is 228 g/mol. The summed E-state index contributed by atoms with van der Waals surface area (Å²) in [6.45, 7) is 10.4. The number of hydrogen-bond donors (Lipinski definition) is 1. The highest BCUT2D eigenvalue weighted by molar-refractivity contribution is 8.00. The average molecular weight is 256 g/mol. The van der Waals surface area contributed by atoms with Crippen LogP contribution in [0.2, 0.25) is 0 Å². The van der Waals surface area contributed by atoms with Crippen LogP contribution in [-0.2, 0) is 0 Å². The Morgan fingerprint density at radius 1 is 1.29 bits per heavy atom. The minimum absolute atomic E-state index is 0.332. The van der Waals surface area contributed by atoms with Crippen molar-refractivity contribution in [1.29, 1.82) is 0 Å². The van der Waals surface area contributed by atoms with Crippen LogP contribution in [0.25, 0.3) is 0 Å². The van der Waals surface area contributed by atoms with Crippen molar-refractivity contribution in [2.45, 2.75) is 62.5 Å². The van der Waals surface area contributed by atoms with Gasteiger partial charge in [-0.05, 0) is 18.8 Å². The topological polar surface area (TPSA) is 29.3 Å². The van der Waals surface area contributed by atoms with Crippen LogP contribution in [0.15, 0.2) is 0 Å². The molecule has 0 spiro atoms.